The molecule has 0 radical (unpaired) electrons. The van der Waals surface area contributed by atoms with E-state index in [0.717, 1.165) is 0 Å². The molecule has 0 saturated carbocycles. The zero-order valence-corrected chi connectivity index (χ0v) is 11.2. The van der Waals surface area contributed by atoms with Gasteiger partial charge in [0, 0.05) is 10.6 Å². The van der Waals surface area contributed by atoms with Crippen molar-refractivity contribution in [2.75, 3.05) is 5.75 Å². The number of hydrogen-bond acceptors (Lipinski definition) is 5. The summed E-state index contributed by atoms with van der Waals surface area (Å²) in [5.41, 5.74) is 0.353. The lowest BCUT2D eigenvalue weighted by Gasteiger charge is -2.01. The van der Waals surface area contributed by atoms with Crippen molar-refractivity contribution < 1.29 is 9.90 Å². The Kier molecular flexibility index (Phi) is 4.11. The molecule has 1 aromatic carbocycles. The molecule has 2 N–H and O–H groups in total. The van der Waals surface area contributed by atoms with Gasteiger partial charge >= 0.3 is 0 Å². The minimum atomic E-state index is -0.117. The van der Waals surface area contributed by atoms with Gasteiger partial charge in [-0.2, -0.15) is 5.10 Å². The minimum Gasteiger partial charge on any atom is -0.506 e. The molecule has 1 aliphatic heterocycles. The first kappa shape index (κ1) is 13.2. The third-order valence-electron chi connectivity index (χ3n) is 1.99. The Morgan fingerprint density at radius 1 is 1.44 bits per heavy atom. The number of amides is 1. The molecular weight excluding hydrogens is 297 g/mol. The number of nitrogens with zero attached hydrogens (tertiary/aromatic N) is 2. The summed E-state index contributed by atoms with van der Waals surface area (Å²) >= 11 is 12.8. The van der Waals surface area contributed by atoms with Crippen LogP contribution in [0.3, 0.4) is 0 Å². The van der Waals surface area contributed by atoms with E-state index in [2.05, 4.69) is 15.5 Å². The highest BCUT2D eigenvalue weighted by molar-refractivity contribution is 8.15. The second-order valence-electron chi connectivity index (χ2n) is 3.31. The van der Waals surface area contributed by atoms with Crippen LogP contribution in [-0.4, -0.2) is 28.1 Å². The molecular formula is C10H7Cl2N3O2S. The summed E-state index contributed by atoms with van der Waals surface area (Å²) in [6, 6.07) is 2.93. The summed E-state index contributed by atoms with van der Waals surface area (Å²) in [7, 11) is 0. The van der Waals surface area contributed by atoms with Crippen molar-refractivity contribution >= 4 is 52.3 Å². The highest BCUT2D eigenvalue weighted by Gasteiger charge is 2.16. The van der Waals surface area contributed by atoms with Gasteiger partial charge in [-0.15, -0.1) is 5.10 Å². The predicted molar refractivity (Wildman–Crippen MR) is 73.8 cm³/mol. The van der Waals surface area contributed by atoms with Crippen LogP contribution in [0.4, 0.5) is 0 Å². The maximum atomic E-state index is 10.9. The smallest absolute Gasteiger partial charge is 0.236 e. The Bertz CT molecular complexity index is 560. The number of rotatable bonds is 2. The molecule has 5 nitrogen and oxygen atoms in total. The van der Waals surface area contributed by atoms with E-state index < -0.39 is 0 Å². The van der Waals surface area contributed by atoms with E-state index >= 15 is 0 Å². The Labute approximate surface area is 117 Å². The van der Waals surface area contributed by atoms with E-state index in [1.165, 1.54) is 30.1 Å². The largest absolute Gasteiger partial charge is 0.506 e. The second-order valence-corrected chi connectivity index (χ2v) is 5.12. The van der Waals surface area contributed by atoms with Gasteiger partial charge in [-0.3, -0.25) is 4.79 Å². The number of amidine groups is 1. The number of carbonyl (C=O) groups excluding carboxylic acids is 1. The first-order valence-corrected chi connectivity index (χ1v) is 6.52. The molecule has 1 heterocycles. The number of thioether (sulfide) groups is 1. The maximum Gasteiger partial charge on any atom is 0.236 e. The number of carbonyl (C=O) groups is 1. The summed E-state index contributed by atoms with van der Waals surface area (Å²) < 4.78 is 0. The molecule has 1 amide bonds. The predicted octanol–water partition coefficient (Wildman–Crippen LogP) is 2.25. The van der Waals surface area contributed by atoms with Crippen LogP contribution in [0.25, 0.3) is 0 Å². The molecule has 1 saturated heterocycles. The van der Waals surface area contributed by atoms with E-state index in [-0.39, 0.29) is 16.7 Å². The fraction of sp³-hybridized carbons (Fsp3) is 0.100. The Hall–Kier alpha value is -1.24. The lowest BCUT2D eigenvalue weighted by Crippen LogP contribution is -2.19. The van der Waals surface area contributed by atoms with Crippen LogP contribution in [0.15, 0.2) is 22.3 Å². The van der Waals surface area contributed by atoms with Crippen LogP contribution in [0, 0.1) is 0 Å². The third kappa shape index (κ3) is 3.16. The van der Waals surface area contributed by atoms with E-state index in [1.54, 1.807) is 0 Å². The van der Waals surface area contributed by atoms with Crippen molar-refractivity contribution in [2.24, 2.45) is 10.2 Å². The standard InChI is InChI=1S/C10H7Cl2N3O2S/c11-6-1-5(9(17)7(12)2-6)3-13-15-10-14-8(16)4-18-10/h1-3,17H,4H2,(H,14,15,16)/b13-3+. The molecule has 8 heteroatoms. The van der Waals surface area contributed by atoms with Crippen molar-refractivity contribution in [2.45, 2.75) is 0 Å². The van der Waals surface area contributed by atoms with E-state index in [0.29, 0.717) is 21.5 Å². The molecule has 1 aliphatic rings. The third-order valence-corrected chi connectivity index (χ3v) is 3.36. The van der Waals surface area contributed by atoms with E-state index in [4.69, 9.17) is 23.2 Å². The van der Waals surface area contributed by atoms with Crippen molar-refractivity contribution in [3.63, 3.8) is 0 Å². The van der Waals surface area contributed by atoms with Gasteiger partial charge in [-0.1, -0.05) is 35.0 Å². The van der Waals surface area contributed by atoms with Crippen LogP contribution in [0.1, 0.15) is 5.56 Å². The summed E-state index contributed by atoms with van der Waals surface area (Å²) in [4.78, 5) is 10.9. The number of benzene rings is 1. The molecule has 1 fully saturated rings. The first-order valence-electron chi connectivity index (χ1n) is 4.78. The molecule has 2 rings (SSSR count). The molecule has 0 spiro atoms. The summed E-state index contributed by atoms with van der Waals surface area (Å²) in [6.07, 6.45) is 1.31. The second kappa shape index (κ2) is 5.60. The van der Waals surface area contributed by atoms with E-state index in [9.17, 15) is 9.90 Å². The molecule has 0 aromatic heterocycles. The van der Waals surface area contributed by atoms with Gasteiger partial charge in [0.25, 0.3) is 0 Å². The van der Waals surface area contributed by atoms with Crippen molar-refractivity contribution in [3.05, 3.63) is 27.7 Å². The van der Waals surface area contributed by atoms with Gasteiger partial charge in [0.05, 0.1) is 17.0 Å². The van der Waals surface area contributed by atoms with Crippen LogP contribution < -0.4 is 5.32 Å². The molecule has 18 heavy (non-hydrogen) atoms. The van der Waals surface area contributed by atoms with Gasteiger partial charge in [0.2, 0.25) is 5.91 Å². The Morgan fingerprint density at radius 3 is 2.89 bits per heavy atom. The van der Waals surface area contributed by atoms with Crippen LogP contribution in [-0.2, 0) is 4.79 Å². The molecule has 0 aliphatic carbocycles. The van der Waals surface area contributed by atoms with Gasteiger partial charge in [-0.05, 0) is 12.1 Å². The number of phenols is 1. The fourth-order valence-electron chi connectivity index (χ4n) is 1.21. The molecule has 0 atom stereocenters. The van der Waals surface area contributed by atoms with Gasteiger partial charge < -0.3 is 10.4 Å². The summed E-state index contributed by atoms with van der Waals surface area (Å²) in [6.45, 7) is 0. The number of hydrogen-bond donors (Lipinski definition) is 2. The topological polar surface area (TPSA) is 74.0 Å². The Balaban J connectivity index is 2.17. The molecule has 94 valence electrons. The van der Waals surface area contributed by atoms with Crippen LogP contribution >= 0.6 is 35.0 Å². The monoisotopic (exact) mass is 303 g/mol. The number of phenolic OH excluding ortho intramolecular Hbond substituents is 1. The molecule has 0 bridgehead atoms. The van der Waals surface area contributed by atoms with Crippen LogP contribution in [0.5, 0.6) is 5.75 Å². The highest BCUT2D eigenvalue weighted by atomic mass is 35.5. The minimum absolute atomic E-state index is 0.109. The van der Waals surface area contributed by atoms with Gasteiger partial charge in [0.15, 0.2) is 5.17 Å². The number of aromatic hydroxyl groups is 1. The van der Waals surface area contributed by atoms with Crippen molar-refractivity contribution in [3.8, 4) is 5.75 Å². The van der Waals surface area contributed by atoms with Crippen molar-refractivity contribution in [1.82, 2.24) is 5.32 Å². The van der Waals surface area contributed by atoms with Crippen LogP contribution in [0.2, 0.25) is 10.0 Å². The zero-order valence-electron chi connectivity index (χ0n) is 8.85. The van der Waals surface area contributed by atoms with Gasteiger partial charge in [0.1, 0.15) is 5.75 Å². The number of nitrogens with one attached hydrogen (secondary N) is 1. The quantitative estimate of drug-likeness (QED) is 0.650. The molecule has 1 aromatic rings. The van der Waals surface area contributed by atoms with E-state index in [1.807, 2.05) is 0 Å². The maximum absolute atomic E-state index is 10.9. The summed E-state index contributed by atoms with van der Waals surface area (Å²) in [5, 5.41) is 20.7. The normalized spacial score (nSPS) is 17.7. The van der Waals surface area contributed by atoms with Gasteiger partial charge in [-0.25, -0.2) is 0 Å². The lowest BCUT2D eigenvalue weighted by atomic mass is 10.2. The average Bonchev–Trinajstić information content (AvgIpc) is 2.71. The highest BCUT2D eigenvalue weighted by Crippen LogP contribution is 2.29. The lowest BCUT2D eigenvalue weighted by molar-refractivity contribution is -0.116. The van der Waals surface area contributed by atoms with Crippen molar-refractivity contribution in [1.29, 1.82) is 0 Å². The average molecular weight is 304 g/mol. The molecule has 0 unspecified atom stereocenters. The SMILES string of the molecule is O=C1CS/C(=N/N=C/c2cc(Cl)cc(Cl)c2O)N1. The summed E-state index contributed by atoms with van der Waals surface area (Å²) in [5.74, 6) is 0.110. The first-order chi connectivity index (χ1) is 8.56. The number of halogens is 2. The Morgan fingerprint density at radius 2 is 2.22 bits per heavy atom. The zero-order chi connectivity index (χ0) is 13.1. The fourth-order valence-corrected chi connectivity index (χ4v) is 2.35.